The van der Waals surface area contributed by atoms with Gasteiger partial charge in [0.25, 0.3) is 11.5 Å². The molecule has 1 amide bonds. The first-order chi connectivity index (χ1) is 8.72. The monoisotopic (exact) mass is 249 g/mol. The zero-order valence-corrected chi connectivity index (χ0v) is 10.6. The van der Waals surface area contributed by atoms with Crippen LogP contribution in [-0.2, 0) is 0 Å². The van der Waals surface area contributed by atoms with E-state index in [1.54, 1.807) is 12.1 Å². The Bertz CT molecular complexity index is 469. The second kappa shape index (κ2) is 5.82. The minimum Gasteiger partial charge on any atom is -0.350 e. The summed E-state index contributed by atoms with van der Waals surface area (Å²) in [5.74, 6) is -0.292. The van der Waals surface area contributed by atoms with Crippen LogP contribution in [0.1, 0.15) is 30.1 Å². The number of aromatic nitrogens is 1. The predicted octanol–water partition coefficient (Wildman–Crippen LogP) is 0.589. The van der Waals surface area contributed by atoms with Gasteiger partial charge in [-0.3, -0.25) is 14.5 Å². The summed E-state index contributed by atoms with van der Waals surface area (Å²) < 4.78 is 0. The molecule has 2 rings (SSSR count). The van der Waals surface area contributed by atoms with Crippen LogP contribution in [-0.4, -0.2) is 41.5 Å². The molecule has 98 valence electrons. The van der Waals surface area contributed by atoms with Crippen molar-refractivity contribution in [1.29, 1.82) is 0 Å². The SMILES string of the molecule is CCN1CCC[C@@H]1CNC(=O)c1ccc[nH]c1=O. The predicted molar refractivity (Wildman–Crippen MR) is 69.7 cm³/mol. The van der Waals surface area contributed by atoms with E-state index in [4.69, 9.17) is 0 Å². The fraction of sp³-hybridized carbons (Fsp3) is 0.538. The number of hydrogen-bond acceptors (Lipinski definition) is 3. The van der Waals surface area contributed by atoms with Gasteiger partial charge >= 0.3 is 0 Å². The van der Waals surface area contributed by atoms with Crippen LogP contribution in [0.2, 0.25) is 0 Å². The molecule has 2 heterocycles. The summed E-state index contributed by atoms with van der Waals surface area (Å²) in [6.07, 6.45) is 3.81. The lowest BCUT2D eigenvalue weighted by molar-refractivity contribution is 0.0940. The molecule has 1 fully saturated rings. The van der Waals surface area contributed by atoms with Crippen molar-refractivity contribution >= 4 is 5.91 Å². The van der Waals surface area contributed by atoms with Crippen LogP contribution in [0.25, 0.3) is 0 Å². The molecule has 0 unspecified atom stereocenters. The first-order valence-corrected chi connectivity index (χ1v) is 6.42. The Morgan fingerprint density at radius 1 is 1.61 bits per heavy atom. The molecule has 1 aromatic rings. The van der Waals surface area contributed by atoms with Crippen LogP contribution < -0.4 is 10.9 Å². The Labute approximate surface area is 106 Å². The number of pyridine rings is 1. The van der Waals surface area contributed by atoms with Gasteiger partial charge in [-0.25, -0.2) is 0 Å². The van der Waals surface area contributed by atoms with Gasteiger partial charge in [-0.2, -0.15) is 0 Å². The molecule has 1 aliphatic rings. The lowest BCUT2D eigenvalue weighted by Gasteiger charge is -2.22. The number of likely N-dealkylation sites (tertiary alicyclic amines) is 1. The van der Waals surface area contributed by atoms with Gasteiger partial charge in [-0.1, -0.05) is 6.92 Å². The Kier molecular flexibility index (Phi) is 4.15. The third-order valence-corrected chi connectivity index (χ3v) is 3.47. The van der Waals surface area contributed by atoms with Crippen molar-refractivity contribution < 1.29 is 4.79 Å². The molecular weight excluding hydrogens is 230 g/mol. The summed E-state index contributed by atoms with van der Waals surface area (Å²) in [4.78, 5) is 28.2. The van der Waals surface area contributed by atoms with E-state index in [9.17, 15) is 9.59 Å². The second-order valence-electron chi connectivity index (χ2n) is 4.55. The smallest absolute Gasteiger partial charge is 0.260 e. The highest BCUT2D eigenvalue weighted by Crippen LogP contribution is 2.15. The van der Waals surface area contributed by atoms with E-state index in [0.717, 1.165) is 19.5 Å². The molecule has 1 aromatic heterocycles. The third kappa shape index (κ3) is 2.79. The Morgan fingerprint density at radius 3 is 3.17 bits per heavy atom. The van der Waals surface area contributed by atoms with Crippen LogP contribution in [0.5, 0.6) is 0 Å². The number of nitrogens with zero attached hydrogens (tertiary/aromatic N) is 1. The van der Waals surface area contributed by atoms with Crippen molar-refractivity contribution in [2.24, 2.45) is 0 Å². The number of hydrogen-bond donors (Lipinski definition) is 2. The summed E-state index contributed by atoms with van der Waals surface area (Å²) in [7, 11) is 0. The van der Waals surface area contributed by atoms with Crippen LogP contribution in [0.3, 0.4) is 0 Å². The summed E-state index contributed by atoms with van der Waals surface area (Å²) in [6.45, 7) is 4.85. The van der Waals surface area contributed by atoms with Gasteiger partial charge in [0.1, 0.15) is 5.56 Å². The maximum absolute atomic E-state index is 11.9. The molecule has 1 saturated heterocycles. The van der Waals surface area contributed by atoms with Gasteiger partial charge in [-0.15, -0.1) is 0 Å². The normalized spacial score (nSPS) is 19.9. The molecule has 0 aliphatic carbocycles. The number of aromatic amines is 1. The number of carbonyl (C=O) groups excluding carboxylic acids is 1. The molecule has 1 atom stereocenters. The largest absolute Gasteiger partial charge is 0.350 e. The van der Waals surface area contributed by atoms with Gasteiger partial charge in [0.2, 0.25) is 0 Å². The van der Waals surface area contributed by atoms with Crippen molar-refractivity contribution in [3.8, 4) is 0 Å². The molecule has 5 nitrogen and oxygen atoms in total. The van der Waals surface area contributed by atoms with E-state index in [1.165, 1.54) is 12.6 Å². The first-order valence-electron chi connectivity index (χ1n) is 6.42. The van der Waals surface area contributed by atoms with Gasteiger partial charge in [0, 0.05) is 18.8 Å². The molecule has 1 aliphatic heterocycles. The number of amides is 1. The fourth-order valence-electron chi connectivity index (χ4n) is 2.45. The molecule has 0 aromatic carbocycles. The molecular formula is C13H19N3O2. The van der Waals surface area contributed by atoms with Crippen molar-refractivity contribution in [1.82, 2.24) is 15.2 Å². The molecule has 0 radical (unpaired) electrons. The van der Waals surface area contributed by atoms with Crippen molar-refractivity contribution in [3.05, 3.63) is 34.2 Å². The highest BCUT2D eigenvalue weighted by atomic mass is 16.2. The van der Waals surface area contributed by atoms with Gasteiger partial charge in [0.15, 0.2) is 0 Å². The highest BCUT2D eigenvalue weighted by molar-refractivity contribution is 5.93. The van der Waals surface area contributed by atoms with E-state index in [2.05, 4.69) is 22.1 Å². The van der Waals surface area contributed by atoms with Crippen LogP contribution in [0.4, 0.5) is 0 Å². The van der Waals surface area contributed by atoms with Gasteiger partial charge in [-0.05, 0) is 38.1 Å². The lowest BCUT2D eigenvalue weighted by atomic mass is 10.2. The first kappa shape index (κ1) is 12.8. The quantitative estimate of drug-likeness (QED) is 0.820. The van der Waals surface area contributed by atoms with E-state index >= 15 is 0 Å². The zero-order chi connectivity index (χ0) is 13.0. The van der Waals surface area contributed by atoms with Crippen LogP contribution in [0, 0.1) is 0 Å². The molecule has 18 heavy (non-hydrogen) atoms. The number of rotatable bonds is 4. The molecule has 2 N–H and O–H groups in total. The minimum absolute atomic E-state index is 0.179. The minimum atomic E-state index is -0.339. The van der Waals surface area contributed by atoms with Crippen molar-refractivity contribution in [2.45, 2.75) is 25.8 Å². The van der Waals surface area contributed by atoms with Crippen LogP contribution >= 0.6 is 0 Å². The number of likely N-dealkylation sites (N-methyl/N-ethyl adjacent to an activating group) is 1. The van der Waals surface area contributed by atoms with E-state index in [-0.39, 0.29) is 17.0 Å². The van der Waals surface area contributed by atoms with E-state index in [1.807, 2.05) is 0 Å². The summed E-state index contributed by atoms with van der Waals surface area (Å²) in [5.41, 5.74) is -0.160. The Morgan fingerprint density at radius 2 is 2.44 bits per heavy atom. The summed E-state index contributed by atoms with van der Waals surface area (Å²) in [5, 5.41) is 2.85. The second-order valence-corrected chi connectivity index (χ2v) is 4.55. The molecule has 0 bridgehead atoms. The molecule has 0 spiro atoms. The zero-order valence-electron chi connectivity index (χ0n) is 10.6. The topological polar surface area (TPSA) is 65.2 Å². The van der Waals surface area contributed by atoms with Gasteiger partial charge in [0.05, 0.1) is 0 Å². The van der Waals surface area contributed by atoms with Crippen LogP contribution in [0.15, 0.2) is 23.1 Å². The van der Waals surface area contributed by atoms with Crippen molar-refractivity contribution in [3.63, 3.8) is 0 Å². The summed E-state index contributed by atoms with van der Waals surface area (Å²) in [6, 6.07) is 3.60. The third-order valence-electron chi connectivity index (χ3n) is 3.47. The Balaban J connectivity index is 1.93. The Hall–Kier alpha value is -1.62. The van der Waals surface area contributed by atoms with E-state index < -0.39 is 0 Å². The number of H-pyrrole nitrogens is 1. The van der Waals surface area contributed by atoms with Crippen molar-refractivity contribution in [2.75, 3.05) is 19.6 Å². The average molecular weight is 249 g/mol. The highest BCUT2D eigenvalue weighted by Gasteiger charge is 2.23. The fourth-order valence-corrected chi connectivity index (χ4v) is 2.45. The van der Waals surface area contributed by atoms with Gasteiger partial charge < -0.3 is 10.3 Å². The maximum atomic E-state index is 11.9. The summed E-state index contributed by atoms with van der Waals surface area (Å²) >= 11 is 0. The number of nitrogens with one attached hydrogen (secondary N) is 2. The maximum Gasteiger partial charge on any atom is 0.260 e. The molecule has 5 heteroatoms. The standard InChI is InChI=1S/C13H19N3O2/c1-2-16-8-4-5-10(16)9-15-13(18)11-6-3-7-14-12(11)17/h3,6-7,10H,2,4-5,8-9H2,1H3,(H,14,17)(H,15,18)/t10-/m1/s1. The molecule has 0 saturated carbocycles. The lowest BCUT2D eigenvalue weighted by Crippen LogP contribution is -2.41. The average Bonchev–Trinajstić information content (AvgIpc) is 2.84. The number of carbonyl (C=O) groups is 1. The van der Waals surface area contributed by atoms with E-state index in [0.29, 0.717) is 12.6 Å².